The van der Waals surface area contributed by atoms with Crippen LogP contribution in [0.15, 0.2) is 53.6 Å². The third-order valence-electron chi connectivity index (χ3n) is 2.82. The Morgan fingerprint density at radius 2 is 1.87 bits per heavy atom. The number of rotatable bonds is 4. The van der Waals surface area contributed by atoms with E-state index in [1.54, 1.807) is 36.4 Å². The van der Waals surface area contributed by atoms with Crippen LogP contribution in [0.1, 0.15) is 5.56 Å². The smallest absolute Gasteiger partial charge is 0.329 e. The van der Waals surface area contributed by atoms with Crippen LogP contribution in [0, 0.1) is 0 Å². The van der Waals surface area contributed by atoms with Gasteiger partial charge in [0.15, 0.2) is 11.5 Å². The molecule has 2 aromatic rings. The van der Waals surface area contributed by atoms with Crippen molar-refractivity contribution in [1.29, 1.82) is 0 Å². The molecule has 2 amide bonds. The minimum Gasteiger partial charge on any atom is -0.504 e. The molecule has 0 aliphatic carbocycles. The van der Waals surface area contributed by atoms with Gasteiger partial charge < -0.3 is 15.2 Å². The van der Waals surface area contributed by atoms with E-state index in [1.165, 1.54) is 25.5 Å². The first-order chi connectivity index (χ1) is 11.1. The molecule has 2 aromatic carbocycles. The van der Waals surface area contributed by atoms with Crippen LogP contribution in [0.4, 0.5) is 5.69 Å². The molecule has 0 saturated heterocycles. The van der Waals surface area contributed by atoms with Crippen molar-refractivity contribution in [3.8, 4) is 11.5 Å². The molecule has 0 aliphatic rings. The number of anilines is 1. The zero-order valence-corrected chi connectivity index (χ0v) is 12.3. The van der Waals surface area contributed by atoms with Gasteiger partial charge in [-0.25, -0.2) is 5.43 Å². The molecule has 0 bridgehead atoms. The van der Waals surface area contributed by atoms with E-state index < -0.39 is 11.8 Å². The Morgan fingerprint density at radius 3 is 2.57 bits per heavy atom. The second-order valence-electron chi connectivity index (χ2n) is 4.45. The fourth-order valence-corrected chi connectivity index (χ4v) is 1.70. The molecule has 0 spiro atoms. The second kappa shape index (κ2) is 7.60. The Morgan fingerprint density at radius 1 is 1.13 bits per heavy atom. The lowest BCUT2D eigenvalue weighted by Gasteiger charge is -2.04. The topological polar surface area (TPSA) is 100 Å². The number of para-hydroxylation sites is 1. The molecular formula is C16H15N3O4. The highest BCUT2D eigenvalue weighted by atomic mass is 16.5. The molecule has 0 aromatic heterocycles. The van der Waals surface area contributed by atoms with Gasteiger partial charge in [0.25, 0.3) is 0 Å². The Balaban J connectivity index is 1.92. The molecule has 3 N–H and O–H groups in total. The van der Waals surface area contributed by atoms with Gasteiger partial charge in [-0.3, -0.25) is 9.59 Å². The molecule has 0 saturated carbocycles. The summed E-state index contributed by atoms with van der Waals surface area (Å²) >= 11 is 0. The predicted octanol–water partition coefficient (Wildman–Crippen LogP) is 1.49. The molecule has 118 valence electrons. The maximum atomic E-state index is 11.6. The third kappa shape index (κ3) is 4.57. The van der Waals surface area contributed by atoms with Crippen molar-refractivity contribution in [3.63, 3.8) is 0 Å². The SMILES string of the molecule is COc1cc(/C=N\NC(=O)C(=O)Nc2ccccc2)ccc1O. The largest absolute Gasteiger partial charge is 0.504 e. The van der Waals surface area contributed by atoms with Gasteiger partial charge in [-0.05, 0) is 35.9 Å². The van der Waals surface area contributed by atoms with E-state index in [4.69, 9.17) is 4.74 Å². The van der Waals surface area contributed by atoms with Crippen molar-refractivity contribution in [2.24, 2.45) is 5.10 Å². The first-order valence-electron chi connectivity index (χ1n) is 6.66. The summed E-state index contributed by atoms with van der Waals surface area (Å²) in [5.41, 5.74) is 3.22. The number of phenolic OH excluding ortho intramolecular Hbond substituents is 1. The highest BCUT2D eigenvalue weighted by molar-refractivity contribution is 6.39. The Labute approximate surface area is 132 Å². The Kier molecular flexibility index (Phi) is 5.30. The van der Waals surface area contributed by atoms with Crippen molar-refractivity contribution in [3.05, 3.63) is 54.1 Å². The zero-order chi connectivity index (χ0) is 16.7. The fraction of sp³-hybridized carbons (Fsp3) is 0.0625. The van der Waals surface area contributed by atoms with Gasteiger partial charge in [-0.15, -0.1) is 0 Å². The van der Waals surface area contributed by atoms with Crippen molar-refractivity contribution in [1.82, 2.24) is 5.43 Å². The summed E-state index contributed by atoms with van der Waals surface area (Å²) in [7, 11) is 1.42. The van der Waals surface area contributed by atoms with Gasteiger partial charge in [0.1, 0.15) is 0 Å². The van der Waals surface area contributed by atoms with Crippen LogP contribution >= 0.6 is 0 Å². The highest BCUT2D eigenvalue weighted by Gasteiger charge is 2.12. The number of phenols is 1. The maximum Gasteiger partial charge on any atom is 0.329 e. The lowest BCUT2D eigenvalue weighted by atomic mass is 10.2. The number of nitrogens with zero attached hydrogens (tertiary/aromatic N) is 1. The molecule has 0 atom stereocenters. The average molecular weight is 313 g/mol. The number of aromatic hydroxyl groups is 1. The zero-order valence-electron chi connectivity index (χ0n) is 12.3. The molecule has 0 unspecified atom stereocenters. The molecule has 0 radical (unpaired) electrons. The lowest BCUT2D eigenvalue weighted by Crippen LogP contribution is -2.32. The number of hydrogen-bond acceptors (Lipinski definition) is 5. The first kappa shape index (κ1) is 16.0. The normalized spacial score (nSPS) is 10.3. The lowest BCUT2D eigenvalue weighted by molar-refractivity contribution is -0.136. The molecular weight excluding hydrogens is 298 g/mol. The molecule has 23 heavy (non-hydrogen) atoms. The predicted molar refractivity (Wildman–Crippen MR) is 85.5 cm³/mol. The monoisotopic (exact) mass is 313 g/mol. The molecule has 2 rings (SSSR count). The summed E-state index contributed by atoms with van der Waals surface area (Å²) in [6.45, 7) is 0. The number of hydrogen-bond donors (Lipinski definition) is 3. The Bertz CT molecular complexity index is 729. The van der Waals surface area contributed by atoms with E-state index in [0.29, 0.717) is 11.3 Å². The minimum absolute atomic E-state index is 0.00377. The summed E-state index contributed by atoms with van der Waals surface area (Å²) < 4.78 is 4.95. The van der Waals surface area contributed by atoms with E-state index in [1.807, 2.05) is 0 Å². The summed E-state index contributed by atoms with van der Waals surface area (Å²) in [4.78, 5) is 23.3. The van der Waals surface area contributed by atoms with Crippen LogP contribution in [-0.2, 0) is 9.59 Å². The number of nitrogens with one attached hydrogen (secondary N) is 2. The van der Waals surface area contributed by atoms with Crippen molar-refractivity contribution in [2.75, 3.05) is 12.4 Å². The molecule has 0 aliphatic heterocycles. The molecule has 7 nitrogen and oxygen atoms in total. The van der Waals surface area contributed by atoms with Gasteiger partial charge in [0.05, 0.1) is 13.3 Å². The van der Waals surface area contributed by atoms with E-state index in [-0.39, 0.29) is 11.5 Å². The highest BCUT2D eigenvalue weighted by Crippen LogP contribution is 2.25. The summed E-state index contributed by atoms with van der Waals surface area (Å²) in [6.07, 6.45) is 1.33. The van der Waals surface area contributed by atoms with Gasteiger partial charge >= 0.3 is 11.8 Å². The number of carbonyl (C=O) groups excluding carboxylic acids is 2. The maximum absolute atomic E-state index is 11.6. The van der Waals surface area contributed by atoms with E-state index in [0.717, 1.165) is 0 Å². The first-order valence-corrected chi connectivity index (χ1v) is 6.66. The van der Waals surface area contributed by atoms with Crippen molar-refractivity contribution < 1.29 is 19.4 Å². The van der Waals surface area contributed by atoms with Gasteiger partial charge in [0.2, 0.25) is 0 Å². The summed E-state index contributed by atoms with van der Waals surface area (Å²) in [5.74, 6) is -1.44. The third-order valence-corrected chi connectivity index (χ3v) is 2.82. The van der Waals surface area contributed by atoms with Gasteiger partial charge in [0, 0.05) is 5.69 Å². The summed E-state index contributed by atoms with van der Waals surface area (Å²) in [5, 5.41) is 15.6. The number of amides is 2. The van der Waals surface area contributed by atoms with Crippen LogP contribution in [-0.4, -0.2) is 30.2 Å². The molecule has 0 fully saturated rings. The van der Waals surface area contributed by atoms with Crippen molar-refractivity contribution >= 4 is 23.7 Å². The molecule has 0 heterocycles. The minimum atomic E-state index is -0.893. The second-order valence-corrected chi connectivity index (χ2v) is 4.45. The van der Waals surface area contributed by atoms with E-state index >= 15 is 0 Å². The van der Waals surface area contributed by atoms with Crippen LogP contribution in [0.3, 0.4) is 0 Å². The van der Waals surface area contributed by atoms with E-state index in [9.17, 15) is 14.7 Å². The number of ether oxygens (including phenoxy) is 1. The Hall–Kier alpha value is -3.35. The number of methoxy groups -OCH3 is 1. The van der Waals surface area contributed by atoms with Crippen LogP contribution < -0.4 is 15.5 Å². The standard InChI is InChI=1S/C16H15N3O4/c1-23-14-9-11(7-8-13(14)20)10-17-19-16(22)15(21)18-12-5-3-2-4-6-12/h2-10,20H,1H3,(H,18,21)(H,19,22)/b17-10-. The molecule has 7 heteroatoms. The quantitative estimate of drug-likeness (QED) is 0.452. The fourth-order valence-electron chi connectivity index (χ4n) is 1.70. The number of benzene rings is 2. The van der Waals surface area contributed by atoms with Crippen LogP contribution in [0.2, 0.25) is 0 Å². The van der Waals surface area contributed by atoms with E-state index in [2.05, 4.69) is 15.8 Å². The van der Waals surface area contributed by atoms with Gasteiger partial charge in [-0.2, -0.15) is 5.10 Å². The number of carbonyl (C=O) groups is 2. The average Bonchev–Trinajstić information content (AvgIpc) is 2.57. The van der Waals surface area contributed by atoms with Crippen LogP contribution in [0.5, 0.6) is 11.5 Å². The van der Waals surface area contributed by atoms with Crippen molar-refractivity contribution in [2.45, 2.75) is 0 Å². The van der Waals surface area contributed by atoms with Gasteiger partial charge in [-0.1, -0.05) is 18.2 Å². The van der Waals surface area contributed by atoms with Crippen LogP contribution in [0.25, 0.3) is 0 Å². The summed E-state index contributed by atoms with van der Waals surface area (Å²) in [6, 6.07) is 13.2. The number of hydrazone groups is 1.